The summed E-state index contributed by atoms with van der Waals surface area (Å²) in [7, 11) is 0. The second-order valence-corrected chi connectivity index (χ2v) is 9.50. The summed E-state index contributed by atoms with van der Waals surface area (Å²) in [4.78, 5) is 35.4. The van der Waals surface area contributed by atoms with E-state index in [0.29, 0.717) is 36.7 Å². The van der Waals surface area contributed by atoms with Gasteiger partial charge in [0.1, 0.15) is 11.6 Å². The van der Waals surface area contributed by atoms with Crippen LogP contribution >= 0.6 is 15.9 Å². The number of ether oxygens (including phenoxy) is 1. The molecule has 0 unspecified atom stereocenters. The average molecular weight is 525 g/mol. The third kappa shape index (κ3) is 3.52. The number of rotatable bonds is 2. The van der Waals surface area contributed by atoms with Crippen LogP contribution in [0, 0.1) is 6.92 Å². The lowest BCUT2D eigenvalue weighted by molar-refractivity contribution is 0.0834. The van der Waals surface area contributed by atoms with Crippen molar-refractivity contribution in [1.82, 2.24) is 24.6 Å². The van der Waals surface area contributed by atoms with Gasteiger partial charge in [-0.05, 0) is 71.4 Å². The number of anilines is 1. The van der Waals surface area contributed by atoms with E-state index >= 15 is 0 Å². The molecule has 2 aliphatic rings. The smallest absolute Gasteiger partial charge is 0.294 e. The third-order valence-electron chi connectivity index (χ3n) is 6.55. The van der Waals surface area contributed by atoms with E-state index in [1.165, 1.54) is 0 Å². The Kier molecular flexibility index (Phi) is 5.73. The van der Waals surface area contributed by atoms with Gasteiger partial charge in [0.15, 0.2) is 0 Å². The quantitative estimate of drug-likeness (QED) is 0.427. The molecule has 1 fully saturated rings. The SMILES string of the molecule is C.Cc1cc2c(cc1C(=O)N1CCc3cc(Br)cnc31)[nH]c(=O)c1nnc(C3CCOCC3)n12. The number of carbonyl (C=O) groups excluding carboxylic acids is 1. The van der Waals surface area contributed by atoms with Gasteiger partial charge >= 0.3 is 0 Å². The Balaban J connectivity index is 0.00000241. The summed E-state index contributed by atoms with van der Waals surface area (Å²) in [6.45, 7) is 3.82. The predicted molar refractivity (Wildman–Crippen MR) is 133 cm³/mol. The number of hydrogen-bond donors (Lipinski definition) is 1. The van der Waals surface area contributed by atoms with Crippen LogP contribution < -0.4 is 10.5 Å². The Morgan fingerprint density at radius 2 is 2.00 bits per heavy atom. The fraction of sp³-hybridized carbons (Fsp3) is 0.375. The standard InChI is InChI=1S/C23H21BrN6O3.CH4/c1-12-8-18-17(10-16(12)23(32)29-5-2-14-9-15(24)11-25-19(14)29)26-22(31)21-28-27-20(30(18)21)13-3-6-33-7-4-13;/h8-11,13H,2-7H2,1H3,(H,26,31);1H4. The molecule has 0 spiro atoms. The highest BCUT2D eigenvalue weighted by molar-refractivity contribution is 9.10. The third-order valence-corrected chi connectivity index (χ3v) is 6.99. The molecule has 5 heterocycles. The molecule has 9 nitrogen and oxygen atoms in total. The lowest BCUT2D eigenvalue weighted by Gasteiger charge is -2.21. The van der Waals surface area contributed by atoms with Gasteiger partial charge < -0.3 is 9.72 Å². The molecule has 10 heteroatoms. The first-order valence-corrected chi connectivity index (χ1v) is 11.8. The minimum atomic E-state index is -0.325. The molecule has 1 saturated heterocycles. The molecular formula is C24H25BrN6O3. The maximum atomic E-state index is 13.5. The van der Waals surface area contributed by atoms with Gasteiger partial charge in [0.25, 0.3) is 11.5 Å². The Morgan fingerprint density at radius 3 is 2.79 bits per heavy atom. The van der Waals surface area contributed by atoms with Gasteiger partial charge in [0.05, 0.1) is 11.0 Å². The van der Waals surface area contributed by atoms with E-state index < -0.39 is 0 Å². The average Bonchev–Trinajstić information content (AvgIpc) is 3.44. The zero-order valence-corrected chi connectivity index (χ0v) is 19.6. The van der Waals surface area contributed by atoms with Crippen molar-refractivity contribution in [1.29, 1.82) is 0 Å². The van der Waals surface area contributed by atoms with Gasteiger partial charge in [-0.3, -0.25) is 18.9 Å². The molecule has 1 N–H and O–H groups in total. The molecule has 0 atom stereocenters. The van der Waals surface area contributed by atoms with E-state index in [2.05, 4.69) is 36.1 Å². The van der Waals surface area contributed by atoms with E-state index in [1.54, 1.807) is 17.2 Å². The van der Waals surface area contributed by atoms with Crippen molar-refractivity contribution in [3.05, 3.63) is 61.7 Å². The number of hydrogen-bond acceptors (Lipinski definition) is 6. The molecule has 0 aliphatic carbocycles. The molecule has 4 aromatic rings. The highest BCUT2D eigenvalue weighted by Crippen LogP contribution is 2.31. The number of amides is 1. The van der Waals surface area contributed by atoms with Crippen molar-refractivity contribution in [3.8, 4) is 0 Å². The van der Waals surface area contributed by atoms with Crippen molar-refractivity contribution < 1.29 is 9.53 Å². The van der Waals surface area contributed by atoms with Crippen LogP contribution in [0.15, 0.2) is 33.7 Å². The fourth-order valence-corrected chi connectivity index (χ4v) is 5.25. The molecule has 3 aromatic heterocycles. The maximum absolute atomic E-state index is 13.5. The first-order chi connectivity index (χ1) is 16.0. The molecule has 0 bridgehead atoms. The van der Waals surface area contributed by atoms with Crippen LogP contribution in [0.3, 0.4) is 0 Å². The monoisotopic (exact) mass is 524 g/mol. The number of carbonyl (C=O) groups is 1. The van der Waals surface area contributed by atoms with Gasteiger partial charge in [0, 0.05) is 41.9 Å². The number of aryl methyl sites for hydroxylation is 1. The maximum Gasteiger partial charge on any atom is 0.294 e. The number of benzene rings is 1. The summed E-state index contributed by atoms with van der Waals surface area (Å²) in [6.07, 6.45) is 4.13. The summed E-state index contributed by atoms with van der Waals surface area (Å²) in [5.41, 5.74) is 3.71. The van der Waals surface area contributed by atoms with Crippen LogP contribution in [-0.2, 0) is 11.2 Å². The summed E-state index contributed by atoms with van der Waals surface area (Å²) in [6, 6.07) is 5.70. The molecule has 0 saturated carbocycles. The van der Waals surface area contributed by atoms with Crippen molar-refractivity contribution in [2.24, 2.45) is 0 Å². The molecule has 2 aliphatic heterocycles. The summed E-state index contributed by atoms with van der Waals surface area (Å²) in [5, 5.41) is 8.53. The van der Waals surface area contributed by atoms with E-state index in [4.69, 9.17) is 4.74 Å². The number of aromatic nitrogens is 5. The van der Waals surface area contributed by atoms with Crippen LogP contribution in [0.4, 0.5) is 5.82 Å². The number of H-pyrrole nitrogens is 1. The number of nitrogens with one attached hydrogen (secondary N) is 1. The van der Waals surface area contributed by atoms with Crippen molar-refractivity contribution in [2.45, 2.75) is 39.5 Å². The minimum Gasteiger partial charge on any atom is -0.381 e. The van der Waals surface area contributed by atoms with E-state index in [1.807, 2.05) is 23.5 Å². The van der Waals surface area contributed by atoms with E-state index in [-0.39, 0.29) is 30.5 Å². The van der Waals surface area contributed by atoms with Crippen LogP contribution in [0.5, 0.6) is 0 Å². The normalized spacial score (nSPS) is 16.1. The Hall–Kier alpha value is -3.11. The zero-order chi connectivity index (χ0) is 22.7. The van der Waals surface area contributed by atoms with Gasteiger partial charge in [0.2, 0.25) is 5.65 Å². The van der Waals surface area contributed by atoms with E-state index in [9.17, 15) is 9.59 Å². The molecule has 0 radical (unpaired) electrons. The van der Waals surface area contributed by atoms with Crippen LogP contribution in [-0.4, -0.2) is 50.2 Å². The zero-order valence-electron chi connectivity index (χ0n) is 18.0. The lowest BCUT2D eigenvalue weighted by atomic mass is 9.99. The van der Waals surface area contributed by atoms with Gasteiger partial charge in [-0.2, -0.15) is 0 Å². The molecular weight excluding hydrogens is 500 g/mol. The second kappa shape index (κ2) is 8.59. The van der Waals surface area contributed by atoms with E-state index in [0.717, 1.165) is 46.2 Å². The molecule has 176 valence electrons. The van der Waals surface area contributed by atoms with Crippen LogP contribution in [0.1, 0.15) is 53.5 Å². The number of pyridine rings is 1. The summed E-state index contributed by atoms with van der Waals surface area (Å²) >= 11 is 3.44. The number of aromatic amines is 1. The number of fused-ring (bicyclic) bond motifs is 4. The van der Waals surface area contributed by atoms with Crippen LogP contribution in [0.2, 0.25) is 0 Å². The predicted octanol–water partition coefficient (Wildman–Crippen LogP) is 3.77. The van der Waals surface area contributed by atoms with Crippen LogP contribution in [0.25, 0.3) is 16.7 Å². The first kappa shape index (κ1) is 22.7. The molecule has 6 rings (SSSR count). The lowest BCUT2D eigenvalue weighted by Crippen LogP contribution is -2.30. The Labute approximate surface area is 204 Å². The van der Waals surface area contributed by atoms with Crippen molar-refractivity contribution in [3.63, 3.8) is 0 Å². The number of halogens is 1. The van der Waals surface area contributed by atoms with Gasteiger partial charge in [-0.15, -0.1) is 10.2 Å². The Morgan fingerprint density at radius 1 is 1.21 bits per heavy atom. The second-order valence-electron chi connectivity index (χ2n) is 8.59. The minimum absolute atomic E-state index is 0. The molecule has 34 heavy (non-hydrogen) atoms. The van der Waals surface area contributed by atoms with Crippen molar-refractivity contribution >= 4 is 44.3 Å². The molecule has 1 amide bonds. The molecule has 1 aromatic carbocycles. The highest BCUT2D eigenvalue weighted by Gasteiger charge is 2.29. The number of nitrogens with zero attached hydrogens (tertiary/aromatic N) is 5. The Bertz CT molecular complexity index is 1490. The highest BCUT2D eigenvalue weighted by atomic mass is 79.9. The fourth-order valence-electron chi connectivity index (χ4n) is 4.87. The first-order valence-electron chi connectivity index (χ1n) is 11.0. The van der Waals surface area contributed by atoms with Crippen molar-refractivity contribution in [2.75, 3.05) is 24.7 Å². The van der Waals surface area contributed by atoms with Gasteiger partial charge in [-0.25, -0.2) is 4.98 Å². The summed E-state index contributed by atoms with van der Waals surface area (Å²) in [5.74, 6) is 1.50. The van der Waals surface area contributed by atoms with Gasteiger partial charge in [-0.1, -0.05) is 7.43 Å². The largest absolute Gasteiger partial charge is 0.381 e. The summed E-state index contributed by atoms with van der Waals surface area (Å²) < 4.78 is 8.23. The topological polar surface area (TPSA) is 105 Å².